The van der Waals surface area contributed by atoms with E-state index in [1.165, 1.54) is 23.1 Å². The molecule has 31 heavy (non-hydrogen) atoms. The molecular weight excluding hydrogens is 450 g/mol. The van der Waals surface area contributed by atoms with Crippen molar-refractivity contribution in [2.75, 3.05) is 10.6 Å². The van der Waals surface area contributed by atoms with Crippen molar-refractivity contribution in [1.82, 2.24) is 25.1 Å². The highest BCUT2D eigenvalue weighted by atomic mass is 32.2. The van der Waals surface area contributed by atoms with Gasteiger partial charge in [0.1, 0.15) is 16.2 Å². The van der Waals surface area contributed by atoms with Gasteiger partial charge in [0.15, 0.2) is 4.34 Å². The highest BCUT2D eigenvalue weighted by Gasteiger charge is 2.16. The first kappa shape index (κ1) is 19.5. The number of carbonyl (C=O) groups is 1. The first-order valence-electron chi connectivity index (χ1n) is 9.03. The molecule has 0 unspecified atom stereocenters. The van der Waals surface area contributed by atoms with Crippen molar-refractivity contribution < 1.29 is 4.79 Å². The smallest absolute Gasteiger partial charge is 0.308 e. The van der Waals surface area contributed by atoms with Crippen LogP contribution in [0.25, 0.3) is 21.3 Å². The van der Waals surface area contributed by atoms with Gasteiger partial charge in [0.05, 0.1) is 5.39 Å². The second-order valence-electron chi connectivity index (χ2n) is 6.16. The van der Waals surface area contributed by atoms with Gasteiger partial charge in [-0.3, -0.25) is 10.3 Å². The summed E-state index contributed by atoms with van der Waals surface area (Å²) in [5.74, 6) is 0. The number of hydrogen-bond donors (Lipinski definition) is 2. The Hall–Kier alpha value is -3.41. The number of carbonyl (C=O) groups excluding carboxylic acids is 1. The number of amides is 2. The summed E-state index contributed by atoms with van der Waals surface area (Å²) in [7, 11) is 0. The zero-order chi connectivity index (χ0) is 21.0. The van der Waals surface area contributed by atoms with Crippen molar-refractivity contribution in [3.8, 4) is 11.1 Å². The van der Waals surface area contributed by atoms with E-state index in [9.17, 15) is 4.79 Å². The van der Waals surface area contributed by atoms with Crippen LogP contribution >= 0.6 is 34.4 Å². The number of pyridine rings is 1. The molecule has 0 saturated carbocycles. The Kier molecular flexibility index (Phi) is 5.52. The molecule has 0 aliphatic heterocycles. The molecule has 1 aromatic carbocycles. The van der Waals surface area contributed by atoms with E-state index in [-0.39, 0.29) is 6.03 Å². The van der Waals surface area contributed by atoms with E-state index in [1.807, 2.05) is 42.5 Å². The minimum Gasteiger partial charge on any atom is -0.308 e. The zero-order valence-corrected chi connectivity index (χ0v) is 18.2. The molecule has 0 radical (unpaired) electrons. The Morgan fingerprint density at radius 1 is 0.968 bits per heavy atom. The Bertz CT molecular complexity index is 1340. The van der Waals surface area contributed by atoms with Crippen molar-refractivity contribution >= 4 is 61.5 Å². The zero-order valence-electron chi connectivity index (χ0n) is 15.7. The number of rotatable bonds is 5. The Morgan fingerprint density at radius 3 is 2.65 bits per heavy atom. The standard InChI is InChI=1S/C20H13N7OS3/c28-18(24-13-4-2-1-3-5-13)25-19-26-27-20(31-19)30-17-15-14(12-6-8-21-9-7-12)10-29-16(15)22-11-23-17/h1-11H,(H2,24,25,26,28). The van der Waals surface area contributed by atoms with Gasteiger partial charge < -0.3 is 5.32 Å². The maximum atomic E-state index is 12.2. The van der Waals surface area contributed by atoms with E-state index in [0.717, 1.165) is 26.4 Å². The average molecular weight is 464 g/mol. The van der Waals surface area contributed by atoms with Gasteiger partial charge in [-0.25, -0.2) is 14.8 Å². The van der Waals surface area contributed by atoms with E-state index in [0.29, 0.717) is 15.2 Å². The lowest BCUT2D eigenvalue weighted by atomic mass is 10.1. The molecule has 4 heterocycles. The van der Waals surface area contributed by atoms with Crippen LogP contribution in [0.15, 0.2) is 75.9 Å². The fourth-order valence-electron chi connectivity index (χ4n) is 2.83. The van der Waals surface area contributed by atoms with Crippen molar-refractivity contribution in [2.24, 2.45) is 0 Å². The molecule has 8 nitrogen and oxygen atoms in total. The molecule has 0 bridgehead atoms. The average Bonchev–Trinajstić information content (AvgIpc) is 3.42. The summed E-state index contributed by atoms with van der Waals surface area (Å²) in [6, 6.07) is 12.7. The van der Waals surface area contributed by atoms with Crippen molar-refractivity contribution in [1.29, 1.82) is 0 Å². The minimum absolute atomic E-state index is 0.374. The third kappa shape index (κ3) is 4.38. The molecule has 2 amide bonds. The van der Waals surface area contributed by atoms with Crippen molar-refractivity contribution in [3.63, 3.8) is 0 Å². The fraction of sp³-hybridized carbons (Fsp3) is 0. The maximum Gasteiger partial charge on any atom is 0.325 e. The molecule has 0 saturated heterocycles. The molecule has 2 N–H and O–H groups in total. The Morgan fingerprint density at radius 2 is 1.81 bits per heavy atom. The highest BCUT2D eigenvalue weighted by Crippen LogP contribution is 2.40. The van der Waals surface area contributed by atoms with Crippen LogP contribution in [0.3, 0.4) is 0 Å². The van der Waals surface area contributed by atoms with Gasteiger partial charge in [-0.05, 0) is 41.6 Å². The van der Waals surface area contributed by atoms with Gasteiger partial charge >= 0.3 is 6.03 Å². The normalized spacial score (nSPS) is 10.8. The molecule has 4 aromatic heterocycles. The predicted octanol–water partition coefficient (Wildman–Crippen LogP) is 5.40. The number of hydrogen-bond acceptors (Lipinski definition) is 9. The molecule has 152 valence electrons. The van der Waals surface area contributed by atoms with Gasteiger partial charge in [0.25, 0.3) is 0 Å². The monoisotopic (exact) mass is 463 g/mol. The van der Waals surface area contributed by atoms with Gasteiger partial charge in [-0.1, -0.05) is 29.5 Å². The van der Waals surface area contributed by atoms with E-state index in [1.54, 1.807) is 30.1 Å². The number of thiophene rings is 1. The lowest BCUT2D eigenvalue weighted by Crippen LogP contribution is -2.19. The lowest BCUT2D eigenvalue weighted by molar-refractivity contribution is 0.262. The van der Waals surface area contributed by atoms with Crippen LogP contribution in [0, 0.1) is 0 Å². The first-order chi connectivity index (χ1) is 15.3. The van der Waals surface area contributed by atoms with Crippen molar-refractivity contribution in [2.45, 2.75) is 9.37 Å². The quantitative estimate of drug-likeness (QED) is 0.265. The molecule has 0 aliphatic carbocycles. The van der Waals surface area contributed by atoms with E-state index in [4.69, 9.17) is 0 Å². The van der Waals surface area contributed by atoms with Crippen LogP contribution in [0.1, 0.15) is 0 Å². The third-order valence-corrected chi connectivity index (χ3v) is 6.95. The number of para-hydroxylation sites is 1. The van der Waals surface area contributed by atoms with Gasteiger partial charge in [-0.2, -0.15) is 0 Å². The van der Waals surface area contributed by atoms with Gasteiger partial charge in [-0.15, -0.1) is 21.5 Å². The van der Waals surface area contributed by atoms with Gasteiger partial charge in [0.2, 0.25) is 5.13 Å². The van der Waals surface area contributed by atoms with Crippen LogP contribution in [0.5, 0.6) is 0 Å². The van der Waals surface area contributed by atoms with Crippen LogP contribution in [0.4, 0.5) is 15.6 Å². The van der Waals surface area contributed by atoms with E-state index in [2.05, 4.69) is 41.2 Å². The summed E-state index contributed by atoms with van der Waals surface area (Å²) in [4.78, 5) is 26.0. The molecule has 0 fully saturated rings. The van der Waals surface area contributed by atoms with Crippen LogP contribution in [-0.4, -0.2) is 31.2 Å². The Balaban J connectivity index is 1.36. The molecule has 0 atom stereocenters. The second-order valence-corrected chi connectivity index (χ2v) is 9.24. The molecule has 5 rings (SSSR count). The largest absolute Gasteiger partial charge is 0.325 e. The summed E-state index contributed by atoms with van der Waals surface area (Å²) >= 11 is 4.24. The number of benzene rings is 1. The lowest BCUT2D eigenvalue weighted by Gasteiger charge is -2.04. The fourth-order valence-corrected chi connectivity index (χ4v) is 5.58. The summed E-state index contributed by atoms with van der Waals surface area (Å²) in [5.41, 5.74) is 2.80. The van der Waals surface area contributed by atoms with Crippen LogP contribution in [-0.2, 0) is 0 Å². The topological polar surface area (TPSA) is 106 Å². The third-order valence-electron chi connectivity index (χ3n) is 4.17. The van der Waals surface area contributed by atoms with Gasteiger partial charge in [0, 0.05) is 29.0 Å². The number of nitrogens with zero attached hydrogens (tertiary/aromatic N) is 5. The van der Waals surface area contributed by atoms with Crippen LogP contribution in [0.2, 0.25) is 0 Å². The number of anilines is 2. The molecule has 11 heteroatoms. The van der Waals surface area contributed by atoms with Crippen LogP contribution < -0.4 is 10.6 Å². The molecular formula is C20H13N7OS3. The number of urea groups is 1. The summed E-state index contributed by atoms with van der Waals surface area (Å²) in [6.07, 6.45) is 5.07. The number of fused-ring (bicyclic) bond motifs is 1. The van der Waals surface area contributed by atoms with Crippen molar-refractivity contribution in [3.05, 3.63) is 66.6 Å². The van der Waals surface area contributed by atoms with E-state index >= 15 is 0 Å². The second kappa shape index (κ2) is 8.76. The predicted molar refractivity (Wildman–Crippen MR) is 124 cm³/mol. The Labute approximate surface area is 188 Å². The number of aromatic nitrogens is 5. The highest BCUT2D eigenvalue weighted by molar-refractivity contribution is 8.01. The van der Waals surface area contributed by atoms with E-state index < -0.39 is 0 Å². The summed E-state index contributed by atoms with van der Waals surface area (Å²) < 4.78 is 0.668. The SMILES string of the molecule is O=C(Nc1ccccc1)Nc1nnc(Sc2ncnc3scc(-c4ccncc4)c23)s1. The molecule has 0 spiro atoms. The molecule has 0 aliphatic rings. The summed E-state index contributed by atoms with van der Waals surface area (Å²) in [5, 5.41) is 17.9. The first-order valence-corrected chi connectivity index (χ1v) is 11.5. The maximum absolute atomic E-state index is 12.2. The minimum atomic E-state index is -0.374. The number of nitrogens with one attached hydrogen (secondary N) is 2. The molecule has 5 aromatic rings. The summed E-state index contributed by atoms with van der Waals surface area (Å²) in [6.45, 7) is 0.